The molecule has 32 heavy (non-hydrogen) atoms. The van der Waals surface area contributed by atoms with Crippen molar-refractivity contribution < 1.29 is 13.6 Å². The Labute approximate surface area is 188 Å². The fourth-order valence-corrected chi connectivity index (χ4v) is 5.56. The Morgan fingerprint density at radius 3 is 2.41 bits per heavy atom. The molecule has 2 saturated carbocycles. The Morgan fingerprint density at radius 1 is 1.28 bits per heavy atom. The van der Waals surface area contributed by atoms with E-state index in [2.05, 4.69) is 5.43 Å². The highest BCUT2D eigenvalue weighted by molar-refractivity contribution is 7.18. The lowest BCUT2D eigenvalue weighted by Gasteiger charge is -2.35. The van der Waals surface area contributed by atoms with E-state index in [1.165, 1.54) is 25.5 Å². The Hall–Kier alpha value is -2.27. The van der Waals surface area contributed by atoms with E-state index >= 15 is 0 Å². The molecule has 2 aromatic rings. The van der Waals surface area contributed by atoms with Crippen LogP contribution in [0.15, 0.2) is 9.59 Å². The van der Waals surface area contributed by atoms with Crippen molar-refractivity contribution in [3.05, 3.63) is 31.3 Å². The number of carbonyl (C=O) groups is 1. The summed E-state index contributed by atoms with van der Waals surface area (Å²) in [6.45, 7) is 7.73. The topological polar surface area (TPSA) is 102 Å². The number of fused-ring (bicyclic) bond motifs is 1. The number of rotatable bonds is 6. The molecule has 2 aliphatic rings. The number of thiophene rings is 1. The summed E-state index contributed by atoms with van der Waals surface area (Å²) < 4.78 is 29.6. The summed E-state index contributed by atoms with van der Waals surface area (Å²) in [5.74, 6) is -3.00. The number of halogens is 2. The van der Waals surface area contributed by atoms with Gasteiger partial charge in [-0.15, -0.1) is 11.3 Å². The van der Waals surface area contributed by atoms with Gasteiger partial charge in [0.05, 0.1) is 11.9 Å². The summed E-state index contributed by atoms with van der Waals surface area (Å²) in [7, 11) is 0. The van der Waals surface area contributed by atoms with Crippen LogP contribution in [0.4, 0.5) is 13.6 Å². The monoisotopic (exact) mass is 469 g/mol. The first kappa shape index (κ1) is 22.9. The molecule has 0 spiro atoms. The van der Waals surface area contributed by atoms with Crippen molar-refractivity contribution in [3.8, 4) is 0 Å². The van der Waals surface area contributed by atoms with Gasteiger partial charge < -0.3 is 5.73 Å². The number of aromatic nitrogens is 2. The minimum absolute atomic E-state index is 0.121. The molecule has 2 fully saturated rings. The van der Waals surface area contributed by atoms with Crippen molar-refractivity contribution in [2.24, 2.45) is 11.7 Å². The fraction of sp³-hybridized carbons (Fsp3) is 0.667. The van der Waals surface area contributed by atoms with Crippen LogP contribution in [0.25, 0.3) is 10.2 Å². The Kier molecular flexibility index (Phi) is 5.48. The first-order chi connectivity index (χ1) is 14.8. The summed E-state index contributed by atoms with van der Waals surface area (Å²) in [5, 5.41) is 1.70. The second-order valence-electron chi connectivity index (χ2n) is 10.0. The number of aryl methyl sites for hydroxylation is 1. The molecule has 8 nitrogen and oxygen atoms in total. The zero-order valence-electron chi connectivity index (χ0n) is 18.7. The van der Waals surface area contributed by atoms with Crippen molar-refractivity contribution >= 4 is 27.6 Å². The molecule has 2 heterocycles. The van der Waals surface area contributed by atoms with Gasteiger partial charge in [0.15, 0.2) is 0 Å². The minimum Gasteiger partial charge on any atom is -0.350 e. The first-order valence-electron chi connectivity index (χ1n) is 10.8. The van der Waals surface area contributed by atoms with E-state index in [1.807, 2.05) is 20.8 Å². The van der Waals surface area contributed by atoms with Crippen LogP contribution in [0, 0.1) is 12.8 Å². The third-order valence-electron chi connectivity index (χ3n) is 5.91. The molecular formula is C21H29F2N5O3S. The van der Waals surface area contributed by atoms with Gasteiger partial charge in [-0.25, -0.2) is 23.8 Å². The van der Waals surface area contributed by atoms with Crippen molar-refractivity contribution in [1.29, 1.82) is 0 Å². The van der Waals surface area contributed by atoms with Crippen molar-refractivity contribution in [3.63, 3.8) is 0 Å². The number of nitrogens with two attached hydrogens (primary N) is 1. The number of hydrogen-bond acceptors (Lipinski definition) is 5. The van der Waals surface area contributed by atoms with Gasteiger partial charge in [-0.3, -0.25) is 18.9 Å². The van der Waals surface area contributed by atoms with Gasteiger partial charge in [-0.1, -0.05) is 0 Å². The van der Waals surface area contributed by atoms with Gasteiger partial charge in [0.25, 0.3) is 5.56 Å². The SMILES string of the molecule is Cc1c(CN(NC(C)(C)C)C(N)=O)sc2c1c(=O)n(C1CC1)c(=O)n2CC1CC(F)(F)C1. The standard InChI is InChI=1S/C21H29F2N5O3S/c1-11-14(10-27(18(24)30)25-20(2,3)4)32-17-15(11)16(29)28(13-5-6-13)19(31)26(17)9-12-7-21(22,23)8-12/h12-13,25H,5-10H2,1-4H3,(H2,24,30). The molecule has 4 rings (SSSR count). The lowest BCUT2D eigenvalue weighted by molar-refractivity contribution is -0.114. The highest BCUT2D eigenvalue weighted by Crippen LogP contribution is 2.43. The fourth-order valence-electron chi connectivity index (χ4n) is 4.27. The molecule has 176 valence electrons. The number of alkyl halides is 2. The number of hydrogen-bond donors (Lipinski definition) is 2. The largest absolute Gasteiger partial charge is 0.350 e. The maximum absolute atomic E-state index is 13.4. The summed E-state index contributed by atoms with van der Waals surface area (Å²) in [5.41, 5.74) is 8.06. The highest BCUT2D eigenvalue weighted by atomic mass is 32.1. The number of amides is 2. The summed E-state index contributed by atoms with van der Waals surface area (Å²) in [6.07, 6.45) is 0.990. The van der Waals surface area contributed by atoms with Gasteiger partial charge in [0.1, 0.15) is 4.83 Å². The lowest BCUT2D eigenvalue weighted by Crippen LogP contribution is -2.53. The second-order valence-corrected chi connectivity index (χ2v) is 11.1. The molecule has 0 bridgehead atoms. The van der Waals surface area contributed by atoms with Crippen LogP contribution in [0.2, 0.25) is 0 Å². The van der Waals surface area contributed by atoms with Gasteiger partial charge in [-0.2, -0.15) is 0 Å². The Bertz CT molecular complexity index is 1180. The second kappa shape index (κ2) is 7.65. The maximum atomic E-state index is 13.4. The number of nitrogens with one attached hydrogen (secondary N) is 1. The first-order valence-corrected chi connectivity index (χ1v) is 11.6. The van der Waals surface area contributed by atoms with Crippen LogP contribution in [-0.4, -0.2) is 31.6 Å². The van der Waals surface area contributed by atoms with E-state index in [-0.39, 0.29) is 43.5 Å². The van der Waals surface area contributed by atoms with E-state index in [0.29, 0.717) is 20.7 Å². The van der Waals surface area contributed by atoms with Crippen LogP contribution in [0.5, 0.6) is 0 Å². The zero-order valence-corrected chi connectivity index (χ0v) is 19.5. The van der Waals surface area contributed by atoms with Crippen LogP contribution in [0.3, 0.4) is 0 Å². The van der Waals surface area contributed by atoms with E-state index in [1.54, 1.807) is 6.92 Å². The molecular weight excluding hydrogens is 440 g/mol. The molecule has 0 aliphatic heterocycles. The molecule has 2 amide bonds. The van der Waals surface area contributed by atoms with E-state index in [0.717, 1.165) is 12.8 Å². The summed E-state index contributed by atoms with van der Waals surface area (Å²) in [4.78, 5) is 39.6. The van der Waals surface area contributed by atoms with Crippen LogP contribution in [-0.2, 0) is 13.1 Å². The molecule has 0 aromatic carbocycles. The predicted molar refractivity (Wildman–Crippen MR) is 119 cm³/mol. The number of nitrogens with zero attached hydrogens (tertiary/aromatic N) is 3. The number of urea groups is 1. The van der Waals surface area contributed by atoms with Gasteiger partial charge in [0, 0.05) is 35.8 Å². The molecule has 0 saturated heterocycles. The molecule has 3 N–H and O–H groups in total. The predicted octanol–water partition coefficient (Wildman–Crippen LogP) is 3.10. The third-order valence-corrected chi connectivity index (χ3v) is 7.21. The number of hydrazine groups is 1. The van der Waals surface area contributed by atoms with E-state index < -0.39 is 23.2 Å². The smallest absolute Gasteiger partial charge is 0.332 e. The average molecular weight is 470 g/mol. The third kappa shape index (κ3) is 4.32. The van der Waals surface area contributed by atoms with Gasteiger partial charge in [-0.05, 0) is 52.0 Å². The maximum Gasteiger partial charge on any atom is 0.332 e. The van der Waals surface area contributed by atoms with Gasteiger partial charge >= 0.3 is 11.7 Å². The molecule has 0 unspecified atom stereocenters. The van der Waals surface area contributed by atoms with E-state index in [9.17, 15) is 23.2 Å². The zero-order chi connectivity index (χ0) is 23.6. The quantitative estimate of drug-likeness (QED) is 0.635. The Morgan fingerprint density at radius 2 is 1.91 bits per heavy atom. The highest BCUT2D eigenvalue weighted by Gasteiger charge is 2.45. The molecule has 2 aromatic heterocycles. The van der Waals surface area contributed by atoms with Crippen LogP contribution < -0.4 is 22.4 Å². The molecule has 2 aliphatic carbocycles. The van der Waals surface area contributed by atoms with E-state index in [4.69, 9.17) is 5.73 Å². The van der Waals surface area contributed by atoms with Crippen molar-refractivity contribution in [2.45, 2.75) is 84.0 Å². The molecule has 11 heteroatoms. The summed E-state index contributed by atoms with van der Waals surface area (Å²) >= 11 is 1.24. The molecule has 0 atom stereocenters. The van der Waals surface area contributed by atoms with Crippen molar-refractivity contribution in [1.82, 2.24) is 19.6 Å². The summed E-state index contributed by atoms with van der Waals surface area (Å²) in [6, 6.07) is -0.804. The lowest BCUT2D eigenvalue weighted by atomic mass is 9.81. The number of carbonyl (C=O) groups excluding carboxylic acids is 1. The molecule has 0 radical (unpaired) electrons. The van der Waals surface area contributed by atoms with Gasteiger partial charge in [0.2, 0.25) is 5.92 Å². The number of primary amides is 1. The van der Waals surface area contributed by atoms with Crippen molar-refractivity contribution in [2.75, 3.05) is 0 Å². The van der Waals surface area contributed by atoms with Crippen LogP contribution in [0.1, 0.15) is 62.9 Å². The normalized spacial score (nSPS) is 18.7. The average Bonchev–Trinajstić information content (AvgIpc) is 3.40. The van der Waals surface area contributed by atoms with Crippen LogP contribution >= 0.6 is 11.3 Å². The Balaban J connectivity index is 1.80. The minimum atomic E-state index is -2.69.